The number of nitrogens with two attached hydrogens (primary N) is 1. The highest BCUT2D eigenvalue weighted by Gasteiger charge is 2.27. The Morgan fingerprint density at radius 3 is 2.50 bits per heavy atom. The molecule has 2 aromatic rings. The van der Waals surface area contributed by atoms with Crippen LogP contribution in [-0.4, -0.2) is 15.0 Å². The van der Waals surface area contributed by atoms with Crippen LogP contribution >= 0.6 is 11.3 Å². The van der Waals surface area contributed by atoms with Crippen LogP contribution in [0.15, 0.2) is 40.6 Å². The minimum atomic E-state index is -3.76. The smallest absolute Gasteiger partial charge is 0.273 e. The minimum absolute atomic E-state index is 0.0534. The van der Waals surface area contributed by atoms with Crippen LogP contribution in [0.1, 0.15) is 11.8 Å². The molecule has 0 spiro atoms. The molecule has 0 aliphatic rings. The van der Waals surface area contributed by atoms with Crippen LogP contribution < -0.4 is 10.0 Å². The van der Waals surface area contributed by atoms with E-state index >= 15 is 0 Å². The Morgan fingerprint density at radius 2 is 1.95 bits per heavy atom. The van der Waals surface area contributed by atoms with Crippen molar-refractivity contribution < 1.29 is 12.8 Å². The first-order chi connectivity index (χ1) is 9.50. The van der Waals surface area contributed by atoms with Crippen molar-refractivity contribution >= 4 is 27.0 Å². The Labute approximate surface area is 121 Å². The van der Waals surface area contributed by atoms with Gasteiger partial charge in [0.1, 0.15) is 10.0 Å². The highest BCUT2D eigenvalue weighted by Crippen LogP contribution is 2.29. The van der Waals surface area contributed by atoms with Crippen LogP contribution in [0, 0.1) is 5.82 Å². The van der Waals surface area contributed by atoms with Crippen molar-refractivity contribution in [2.75, 3.05) is 10.8 Å². The predicted octanol–water partition coefficient (Wildman–Crippen LogP) is 2.56. The second-order valence-corrected chi connectivity index (χ2v) is 7.30. The molecule has 2 N–H and O–H groups in total. The van der Waals surface area contributed by atoms with E-state index in [2.05, 4.69) is 0 Å². The van der Waals surface area contributed by atoms with Gasteiger partial charge in [0, 0.05) is 18.0 Å². The molecule has 0 aliphatic carbocycles. The fourth-order valence-electron chi connectivity index (χ4n) is 1.84. The summed E-state index contributed by atoms with van der Waals surface area (Å²) in [6.45, 7) is 2.10. The third kappa shape index (κ3) is 2.70. The topological polar surface area (TPSA) is 63.4 Å². The summed E-state index contributed by atoms with van der Waals surface area (Å²) in [7, 11) is -3.76. The molecule has 7 heteroatoms. The van der Waals surface area contributed by atoms with E-state index in [0.29, 0.717) is 0 Å². The summed E-state index contributed by atoms with van der Waals surface area (Å²) in [6, 6.07) is 9.01. The molecule has 0 amide bonds. The quantitative estimate of drug-likeness (QED) is 0.922. The molecule has 1 heterocycles. The largest absolute Gasteiger partial charge is 0.326 e. The zero-order valence-corrected chi connectivity index (χ0v) is 12.5. The van der Waals surface area contributed by atoms with Crippen molar-refractivity contribution in [1.82, 2.24) is 0 Å². The van der Waals surface area contributed by atoms with E-state index < -0.39 is 15.8 Å². The van der Waals surface area contributed by atoms with Gasteiger partial charge in [-0.15, -0.1) is 11.3 Å². The van der Waals surface area contributed by atoms with Gasteiger partial charge in [0.2, 0.25) is 0 Å². The second kappa shape index (κ2) is 5.90. The van der Waals surface area contributed by atoms with E-state index in [1.165, 1.54) is 24.3 Å². The Bertz CT molecular complexity index is 698. The van der Waals surface area contributed by atoms with E-state index in [0.717, 1.165) is 20.5 Å². The normalized spacial score (nSPS) is 11.6. The van der Waals surface area contributed by atoms with Crippen molar-refractivity contribution in [1.29, 1.82) is 0 Å². The summed E-state index contributed by atoms with van der Waals surface area (Å²) in [5, 5.41) is 0. The molecule has 0 saturated heterocycles. The molecule has 0 bridgehead atoms. The lowest BCUT2D eigenvalue weighted by molar-refractivity contribution is 0.588. The van der Waals surface area contributed by atoms with Crippen LogP contribution in [0.3, 0.4) is 0 Å². The van der Waals surface area contributed by atoms with Gasteiger partial charge in [-0.1, -0.05) is 12.1 Å². The van der Waals surface area contributed by atoms with Crippen LogP contribution in [0.2, 0.25) is 0 Å². The first-order valence-corrected chi connectivity index (χ1v) is 8.32. The van der Waals surface area contributed by atoms with Gasteiger partial charge < -0.3 is 5.73 Å². The number of anilines is 1. The molecule has 0 saturated carbocycles. The summed E-state index contributed by atoms with van der Waals surface area (Å²) < 4.78 is 40.2. The van der Waals surface area contributed by atoms with Crippen LogP contribution in [0.5, 0.6) is 0 Å². The molecule has 1 aromatic carbocycles. The molecule has 0 fully saturated rings. The lowest BCUT2D eigenvalue weighted by atomic mass is 10.3. The average molecular weight is 314 g/mol. The number of sulfonamides is 1. The first-order valence-electron chi connectivity index (χ1n) is 6.06. The van der Waals surface area contributed by atoms with Gasteiger partial charge in [-0.3, -0.25) is 4.31 Å². The number of halogens is 1. The molecule has 108 valence electrons. The molecule has 0 radical (unpaired) electrons. The molecular weight excluding hydrogens is 299 g/mol. The van der Waals surface area contributed by atoms with Crippen molar-refractivity contribution in [2.24, 2.45) is 5.73 Å². The van der Waals surface area contributed by atoms with Crippen LogP contribution in [0.4, 0.5) is 10.1 Å². The Hall–Kier alpha value is -1.44. The number of nitrogens with zero attached hydrogens (tertiary/aromatic N) is 1. The number of hydrogen-bond donors (Lipinski definition) is 1. The molecule has 0 unspecified atom stereocenters. The van der Waals surface area contributed by atoms with Gasteiger partial charge in [-0.25, -0.2) is 12.8 Å². The Balaban J connectivity index is 2.48. The minimum Gasteiger partial charge on any atom is -0.326 e. The molecule has 0 aliphatic heterocycles. The average Bonchev–Trinajstić information content (AvgIpc) is 2.91. The number of benzene rings is 1. The summed E-state index contributed by atoms with van der Waals surface area (Å²) in [4.78, 5) is 0.771. The third-order valence-electron chi connectivity index (χ3n) is 2.79. The summed E-state index contributed by atoms with van der Waals surface area (Å²) in [5.74, 6) is -0.562. The Morgan fingerprint density at radius 1 is 1.25 bits per heavy atom. The maximum absolute atomic E-state index is 13.8. The van der Waals surface area contributed by atoms with E-state index in [9.17, 15) is 12.8 Å². The van der Waals surface area contributed by atoms with Gasteiger partial charge in [0.25, 0.3) is 10.0 Å². The van der Waals surface area contributed by atoms with E-state index in [-0.39, 0.29) is 23.0 Å². The fourth-order valence-corrected chi connectivity index (χ4v) is 4.67. The SMILES string of the molecule is CCN(c1ccccc1F)S(=O)(=O)c1ccc(CN)s1. The zero-order valence-electron chi connectivity index (χ0n) is 10.9. The number of hydrogen-bond acceptors (Lipinski definition) is 4. The Kier molecular flexibility index (Phi) is 4.42. The molecule has 1 aromatic heterocycles. The van der Waals surface area contributed by atoms with E-state index in [1.807, 2.05) is 0 Å². The standard InChI is InChI=1S/C13H15FN2O2S2/c1-2-16(12-6-4-3-5-11(12)14)20(17,18)13-8-7-10(9-15)19-13/h3-8H,2,9,15H2,1H3. The van der Waals surface area contributed by atoms with Gasteiger partial charge in [-0.2, -0.15) is 0 Å². The van der Waals surface area contributed by atoms with Crippen molar-refractivity contribution in [2.45, 2.75) is 17.7 Å². The lowest BCUT2D eigenvalue weighted by Crippen LogP contribution is -2.30. The molecular formula is C13H15FN2O2S2. The maximum Gasteiger partial charge on any atom is 0.273 e. The number of para-hydroxylation sites is 1. The summed E-state index contributed by atoms with van der Waals surface area (Å²) >= 11 is 1.11. The third-order valence-corrected chi connectivity index (χ3v) is 6.25. The van der Waals surface area contributed by atoms with Crippen LogP contribution in [-0.2, 0) is 16.6 Å². The summed E-state index contributed by atoms with van der Waals surface area (Å²) in [6.07, 6.45) is 0. The van der Waals surface area contributed by atoms with E-state index in [4.69, 9.17) is 5.73 Å². The lowest BCUT2D eigenvalue weighted by Gasteiger charge is -2.22. The second-order valence-electron chi connectivity index (χ2n) is 4.05. The van der Waals surface area contributed by atoms with Crippen molar-refractivity contribution in [3.8, 4) is 0 Å². The molecule has 0 atom stereocenters. The van der Waals surface area contributed by atoms with E-state index in [1.54, 1.807) is 19.1 Å². The van der Waals surface area contributed by atoms with Crippen molar-refractivity contribution in [3.05, 3.63) is 47.1 Å². The predicted molar refractivity (Wildman–Crippen MR) is 78.8 cm³/mol. The highest BCUT2D eigenvalue weighted by molar-refractivity contribution is 7.94. The monoisotopic (exact) mass is 314 g/mol. The highest BCUT2D eigenvalue weighted by atomic mass is 32.2. The fraction of sp³-hybridized carbons (Fsp3) is 0.231. The molecule has 4 nitrogen and oxygen atoms in total. The van der Waals surface area contributed by atoms with Gasteiger partial charge in [0.15, 0.2) is 0 Å². The number of thiophene rings is 1. The first kappa shape index (κ1) is 15.0. The van der Waals surface area contributed by atoms with Crippen LogP contribution in [0.25, 0.3) is 0 Å². The molecule has 20 heavy (non-hydrogen) atoms. The maximum atomic E-state index is 13.8. The molecule has 2 rings (SSSR count). The zero-order chi connectivity index (χ0) is 14.8. The van der Waals surface area contributed by atoms with Crippen molar-refractivity contribution in [3.63, 3.8) is 0 Å². The van der Waals surface area contributed by atoms with Gasteiger partial charge in [0.05, 0.1) is 5.69 Å². The van der Waals surface area contributed by atoms with Gasteiger partial charge in [-0.05, 0) is 31.2 Å². The van der Waals surface area contributed by atoms with Gasteiger partial charge >= 0.3 is 0 Å². The summed E-state index contributed by atoms with van der Waals surface area (Å²) in [5.41, 5.74) is 5.55. The number of rotatable bonds is 5.